The van der Waals surface area contributed by atoms with Gasteiger partial charge in [-0.3, -0.25) is 0 Å². The summed E-state index contributed by atoms with van der Waals surface area (Å²) in [6.45, 7) is 6.00. The lowest BCUT2D eigenvalue weighted by Gasteiger charge is -1.96. The van der Waals surface area contributed by atoms with Gasteiger partial charge in [-0.05, 0) is 44.0 Å². The van der Waals surface area contributed by atoms with Crippen LogP contribution in [0.1, 0.15) is 16.9 Å². The lowest BCUT2D eigenvalue weighted by Crippen LogP contribution is -1.75. The Labute approximate surface area is 82.3 Å². The van der Waals surface area contributed by atoms with E-state index in [1.54, 1.807) is 0 Å². The van der Waals surface area contributed by atoms with E-state index in [1.165, 1.54) is 5.56 Å². The zero-order valence-electron chi connectivity index (χ0n) is 7.94. The first kappa shape index (κ1) is 8.64. The predicted octanol–water partition coefficient (Wildman–Crippen LogP) is 4.01. The molecule has 0 radical (unpaired) electrons. The Kier molecular flexibility index (Phi) is 1.85. The highest BCUT2D eigenvalue weighted by Gasteiger charge is 2.08. The Morgan fingerprint density at radius 3 is 2.54 bits per heavy atom. The quantitative estimate of drug-likeness (QED) is 0.618. The molecule has 0 aliphatic rings. The first-order chi connectivity index (χ1) is 6.09. The Bertz CT molecular complexity index is 468. The minimum Gasteiger partial charge on any atom is -0.461 e. The Morgan fingerprint density at radius 1 is 1.15 bits per heavy atom. The summed E-state index contributed by atoms with van der Waals surface area (Å²) in [4.78, 5) is 0. The molecule has 0 saturated carbocycles. The molecule has 13 heavy (non-hydrogen) atoms. The van der Waals surface area contributed by atoms with Gasteiger partial charge in [-0.25, -0.2) is 0 Å². The van der Waals surface area contributed by atoms with Crippen LogP contribution in [0.2, 0.25) is 5.02 Å². The number of fused-ring (bicyclic) bond motifs is 1. The van der Waals surface area contributed by atoms with Gasteiger partial charge in [0.2, 0.25) is 0 Å². The minimum absolute atomic E-state index is 0.802. The molecule has 68 valence electrons. The summed E-state index contributed by atoms with van der Waals surface area (Å²) >= 11 is 6.03. The summed E-state index contributed by atoms with van der Waals surface area (Å²) in [6.07, 6.45) is 0. The van der Waals surface area contributed by atoms with Crippen LogP contribution in [0, 0.1) is 20.8 Å². The van der Waals surface area contributed by atoms with Gasteiger partial charge in [-0.1, -0.05) is 11.6 Å². The van der Waals surface area contributed by atoms with Gasteiger partial charge in [0.1, 0.15) is 11.3 Å². The van der Waals surface area contributed by atoms with Gasteiger partial charge in [-0.2, -0.15) is 0 Å². The van der Waals surface area contributed by atoms with Crippen LogP contribution >= 0.6 is 11.6 Å². The fourth-order valence-electron chi connectivity index (χ4n) is 1.46. The van der Waals surface area contributed by atoms with Crippen LogP contribution in [0.5, 0.6) is 0 Å². The van der Waals surface area contributed by atoms with Crippen molar-refractivity contribution in [2.75, 3.05) is 0 Å². The van der Waals surface area contributed by atoms with E-state index >= 15 is 0 Å². The van der Waals surface area contributed by atoms with Gasteiger partial charge < -0.3 is 4.42 Å². The van der Waals surface area contributed by atoms with Gasteiger partial charge in [-0.15, -0.1) is 0 Å². The minimum atomic E-state index is 0.802. The highest BCUT2D eigenvalue weighted by Crippen LogP contribution is 2.29. The Morgan fingerprint density at radius 2 is 1.85 bits per heavy atom. The predicted molar refractivity (Wildman–Crippen MR) is 55.4 cm³/mol. The standard InChI is InChI=1S/C11H11ClO/c1-6-4-11-9(5-10(6)12)7(2)8(3)13-11/h4-5H,1-3H3. The largest absolute Gasteiger partial charge is 0.461 e. The summed E-state index contributed by atoms with van der Waals surface area (Å²) < 4.78 is 5.58. The molecule has 1 nitrogen and oxygen atoms in total. The van der Waals surface area contributed by atoms with E-state index in [0.717, 1.165) is 27.3 Å². The van der Waals surface area contributed by atoms with Gasteiger partial charge in [0.05, 0.1) is 0 Å². The van der Waals surface area contributed by atoms with Crippen molar-refractivity contribution in [3.8, 4) is 0 Å². The van der Waals surface area contributed by atoms with Crippen molar-refractivity contribution in [2.24, 2.45) is 0 Å². The molecule has 2 heteroatoms. The molecule has 0 amide bonds. The van der Waals surface area contributed by atoms with E-state index < -0.39 is 0 Å². The molecule has 0 bridgehead atoms. The molecule has 0 aliphatic heterocycles. The van der Waals surface area contributed by atoms with Crippen LogP contribution in [0.3, 0.4) is 0 Å². The molecule has 2 rings (SSSR count). The summed E-state index contributed by atoms with van der Waals surface area (Å²) in [6, 6.07) is 3.95. The molecule has 1 heterocycles. The second kappa shape index (κ2) is 2.78. The zero-order chi connectivity index (χ0) is 9.59. The molecule has 2 aromatic rings. The third-order valence-electron chi connectivity index (χ3n) is 2.46. The number of hydrogen-bond donors (Lipinski definition) is 0. The third kappa shape index (κ3) is 1.24. The number of aryl methyl sites for hydroxylation is 3. The van der Waals surface area contributed by atoms with Crippen molar-refractivity contribution in [1.29, 1.82) is 0 Å². The van der Waals surface area contributed by atoms with Gasteiger partial charge in [0, 0.05) is 10.4 Å². The summed E-state index contributed by atoms with van der Waals surface area (Å²) in [5.41, 5.74) is 3.16. The van der Waals surface area contributed by atoms with Crippen molar-refractivity contribution in [3.05, 3.63) is 34.0 Å². The lowest BCUT2D eigenvalue weighted by atomic mass is 10.1. The van der Waals surface area contributed by atoms with Crippen molar-refractivity contribution >= 4 is 22.6 Å². The molecule has 0 fully saturated rings. The fourth-order valence-corrected chi connectivity index (χ4v) is 1.63. The number of rotatable bonds is 0. The van der Waals surface area contributed by atoms with Crippen LogP contribution in [0.15, 0.2) is 16.5 Å². The van der Waals surface area contributed by atoms with Crippen molar-refractivity contribution < 1.29 is 4.42 Å². The van der Waals surface area contributed by atoms with Gasteiger partial charge in [0.15, 0.2) is 0 Å². The Balaban J connectivity index is 2.89. The topological polar surface area (TPSA) is 13.1 Å². The Hall–Kier alpha value is -0.950. The van der Waals surface area contributed by atoms with Crippen LogP contribution in [0.4, 0.5) is 0 Å². The number of halogens is 1. The average molecular weight is 195 g/mol. The smallest absolute Gasteiger partial charge is 0.134 e. The summed E-state index contributed by atoms with van der Waals surface area (Å²) in [7, 11) is 0. The molecule has 1 aromatic heterocycles. The fraction of sp³-hybridized carbons (Fsp3) is 0.273. The van der Waals surface area contributed by atoms with E-state index in [2.05, 4.69) is 0 Å². The van der Waals surface area contributed by atoms with Crippen molar-refractivity contribution in [2.45, 2.75) is 20.8 Å². The zero-order valence-corrected chi connectivity index (χ0v) is 8.70. The molecular formula is C11H11ClO. The van der Waals surface area contributed by atoms with Crippen LogP contribution in [-0.2, 0) is 0 Å². The molecule has 0 aliphatic carbocycles. The van der Waals surface area contributed by atoms with Gasteiger partial charge in [0.25, 0.3) is 0 Å². The SMILES string of the molecule is Cc1cc2oc(C)c(C)c2cc1Cl. The average Bonchev–Trinajstić information content (AvgIpc) is 2.32. The van der Waals surface area contributed by atoms with Crippen LogP contribution < -0.4 is 0 Å². The highest BCUT2D eigenvalue weighted by molar-refractivity contribution is 6.32. The maximum atomic E-state index is 6.03. The van der Waals surface area contributed by atoms with Crippen molar-refractivity contribution in [3.63, 3.8) is 0 Å². The number of furan rings is 1. The summed E-state index contributed by atoms with van der Waals surface area (Å²) in [5, 5.41) is 1.92. The van der Waals surface area contributed by atoms with Crippen LogP contribution in [-0.4, -0.2) is 0 Å². The number of hydrogen-bond acceptors (Lipinski definition) is 1. The maximum absolute atomic E-state index is 6.03. The normalized spacial score (nSPS) is 11.1. The van der Waals surface area contributed by atoms with E-state index in [9.17, 15) is 0 Å². The monoisotopic (exact) mass is 194 g/mol. The van der Waals surface area contributed by atoms with E-state index in [0.29, 0.717) is 0 Å². The lowest BCUT2D eigenvalue weighted by molar-refractivity contribution is 0.575. The molecule has 0 spiro atoms. The molecule has 1 aromatic carbocycles. The maximum Gasteiger partial charge on any atom is 0.134 e. The van der Waals surface area contributed by atoms with Crippen LogP contribution in [0.25, 0.3) is 11.0 Å². The molecule has 0 saturated heterocycles. The van der Waals surface area contributed by atoms with E-state index in [1.807, 2.05) is 32.9 Å². The van der Waals surface area contributed by atoms with Gasteiger partial charge >= 0.3 is 0 Å². The summed E-state index contributed by atoms with van der Waals surface area (Å²) in [5.74, 6) is 0.969. The molecule has 0 N–H and O–H groups in total. The number of benzene rings is 1. The third-order valence-corrected chi connectivity index (χ3v) is 2.86. The second-order valence-electron chi connectivity index (χ2n) is 3.38. The highest BCUT2D eigenvalue weighted by atomic mass is 35.5. The first-order valence-corrected chi connectivity index (χ1v) is 4.63. The van der Waals surface area contributed by atoms with Crippen molar-refractivity contribution in [1.82, 2.24) is 0 Å². The second-order valence-corrected chi connectivity index (χ2v) is 3.79. The molecule has 0 unspecified atom stereocenters. The first-order valence-electron chi connectivity index (χ1n) is 4.25. The molecule has 0 atom stereocenters. The van der Waals surface area contributed by atoms with E-state index in [-0.39, 0.29) is 0 Å². The van der Waals surface area contributed by atoms with E-state index in [4.69, 9.17) is 16.0 Å². The molecular weight excluding hydrogens is 184 g/mol.